The number of methoxy groups -OCH3 is 3. The number of carbonyl (C=O) groups excluding carboxylic acids is 1. The number of ether oxygens (including phenoxy) is 3. The number of carbonyl (C=O) groups is 1. The van der Waals surface area contributed by atoms with Crippen molar-refractivity contribution in [3.63, 3.8) is 0 Å². The second-order valence-electron chi connectivity index (χ2n) is 7.69. The van der Waals surface area contributed by atoms with Gasteiger partial charge in [0.2, 0.25) is 0 Å². The largest absolute Gasteiger partial charge is 0.497 e. The van der Waals surface area contributed by atoms with Gasteiger partial charge in [-0.2, -0.15) is 0 Å². The molecule has 0 saturated heterocycles. The number of anilines is 2. The van der Waals surface area contributed by atoms with Crippen molar-refractivity contribution in [3.05, 3.63) is 71.8 Å². The molecule has 1 heterocycles. The third-order valence-corrected chi connectivity index (χ3v) is 7.54. The minimum Gasteiger partial charge on any atom is -0.497 e. The lowest BCUT2D eigenvalue weighted by Gasteiger charge is -2.31. The first-order chi connectivity index (χ1) is 16.4. The van der Waals surface area contributed by atoms with E-state index in [0.717, 1.165) is 5.56 Å². The van der Waals surface area contributed by atoms with Crippen LogP contribution in [0.4, 0.5) is 11.4 Å². The Labute approximate surface area is 199 Å². The maximum Gasteiger partial charge on any atom is 0.264 e. The predicted octanol–water partition coefficient (Wildman–Crippen LogP) is 4.11. The summed E-state index contributed by atoms with van der Waals surface area (Å²) in [6, 6.07) is 16.7. The predicted molar refractivity (Wildman–Crippen MR) is 130 cm³/mol. The van der Waals surface area contributed by atoms with Gasteiger partial charge >= 0.3 is 0 Å². The number of sulfonamides is 1. The Morgan fingerprint density at radius 2 is 1.71 bits per heavy atom. The van der Waals surface area contributed by atoms with E-state index in [0.29, 0.717) is 53.6 Å². The molecule has 8 nitrogen and oxygen atoms in total. The molecule has 1 amide bonds. The third-order valence-electron chi connectivity index (χ3n) is 5.71. The van der Waals surface area contributed by atoms with Gasteiger partial charge in [0.1, 0.15) is 5.75 Å². The number of para-hydroxylation sites is 1. The maximum absolute atomic E-state index is 13.3. The summed E-state index contributed by atoms with van der Waals surface area (Å²) < 4.78 is 43.8. The number of benzene rings is 3. The first-order valence-corrected chi connectivity index (χ1v) is 12.1. The summed E-state index contributed by atoms with van der Waals surface area (Å²) in [5.41, 5.74) is 2.36. The molecule has 1 aliphatic rings. The number of aryl methyl sites for hydroxylation is 1. The molecule has 1 aliphatic heterocycles. The van der Waals surface area contributed by atoms with Crippen molar-refractivity contribution in [3.8, 4) is 17.2 Å². The summed E-state index contributed by atoms with van der Waals surface area (Å²) in [6.07, 6.45) is 1.37. The van der Waals surface area contributed by atoms with Crippen LogP contribution >= 0.6 is 0 Å². The Hall–Kier alpha value is -3.72. The summed E-state index contributed by atoms with van der Waals surface area (Å²) in [5.74, 6) is 1.04. The van der Waals surface area contributed by atoms with Crippen LogP contribution in [0.5, 0.6) is 17.2 Å². The van der Waals surface area contributed by atoms with Gasteiger partial charge in [-0.3, -0.25) is 9.10 Å². The molecular formula is C25H26N2O6S. The highest BCUT2D eigenvalue weighted by atomic mass is 32.2. The van der Waals surface area contributed by atoms with Crippen molar-refractivity contribution in [2.24, 2.45) is 0 Å². The first-order valence-electron chi connectivity index (χ1n) is 10.7. The highest BCUT2D eigenvalue weighted by Gasteiger charge is 2.29. The van der Waals surface area contributed by atoms with Crippen LogP contribution in [0.2, 0.25) is 0 Å². The summed E-state index contributed by atoms with van der Waals surface area (Å²) in [7, 11) is 0.783. The average molecular weight is 483 g/mol. The van der Waals surface area contributed by atoms with Crippen LogP contribution in [-0.2, 0) is 16.4 Å². The molecule has 0 bridgehead atoms. The van der Waals surface area contributed by atoms with Crippen molar-refractivity contribution in [1.29, 1.82) is 0 Å². The minimum atomic E-state index is -3.74. The molecular weight excluding hydrogens is 456 g/mol. The molecule has 0 spiro atoms. The SMILES string of the molecule is COc1ccc(S(=O)(=O)N2CCCc3cc(NC(=O)c4cccc(OC)c4OC)ccc32)cc1. The van der Waals surface area contributed by atoms with Crippen LogP contribution in [0.15, 0.2) is 65.6 Å². The van der Waals surface area contributed by atoms with E-state index in [1.165, 1.54) is 25.6 Å². The Bertz CT molecular complexity index is 1310. The fourth-order valence-corrected chi connectivity index (χ4v) is 5.57. The molecule has 1 N–H and O–H groups in total. The molecule has 0 fully saturated rings. The number of hydrogen-bond donors (Lipinski definition) is 1. The van der Waals surface area contributed by atoms with Crippen molar-refractivity contribution in [2.45, 2.75) is 17.7 Å². The average Bonchev–Trinajstić information content (AvgIpc) is 2.87. The maximum atomic E-state index is 13.3. The zero-order valence-corrected chi connectivity index (χ0v) is 20.0. The molecule has 9 heteroatoms. The van der Waals surface area contributed by atoms with E-state index in [1.54, 1.807) is 54.6 Å². The lowest BCUT2D eigenvalue weighted by Crippen LogP contribution is -2.35. The van der Waals surface area contributed by atoms with Gasteiger partial charge < -0.3 is 19.5 Å². The smallest absolute Gasteiger partial charge is 0.264 e. The standard InChI is InChI=1S/C25H26N2O6S/c1-31-19-10-12-20(13-11-19)34(29,30)27-15-5-6-17-16-18(9-14-22(17)27)26-25(28)21-7-4-8-23(32-2)24(21)33-3/h4,7-14,16H,5-6,15H2,1-3H3,(H,26,28). The Morgan fingerprint density at radius 1 is 0.941 bits per heavy atom. The number of fused-ring (bicyclic) bond motifs is 1. The normalized spacial score (nSPS) is 13.1. The molecule has 0 aliphatic carbocycles. The lowest BCUT2D eigenvalue weighted by atomic mass is 10.0. The summed E-state index contributed by atoms with van der Waals surface area (Å²) in [6.45, 7) is 0.383. The van der Waals surface area contributed by atoms with E-state index in [1.807, 2.05) is 6.07 Å². The molecule has 0 saturated carbocycles. The molecule has 3 aromatic rings. The van der Waals surface area contributed by atoms with E-state index in [4.69, 9.17) is 14.2 Å². The highest BCUT2D eigenvalue weighted by Crippen LogP contribution is 2.35. The number of nitrogens with zero attached hydrogens (tertiary/aromatic N) is 1. The molecule has 0 radical (unpaired) electrons. The molecule has 0 aromatic heterocycles. The summed E-state index contributed by atoms with van der Waals surface area (Å²) in [5, 5.41) is 2.88. The van der Waals surface area contributed by atoms with Crippen molar-refractivity contribution < 1.29 is 27.4 Å². The third kappa shape index (κ3) is 4.38. The van der Waals surface area contributed by atoms with E-state index < -0.39 is 10.0 Å². The van der Waals surface area contributed by atoms with E-state index in [2.05, 4.69) is 5.32 Å². The van der Waals surface area contributed by atoms with Crippen LogP contribution in [0.3, 0.4) is 0 Å². The molecule has 0 unspecified atom stereocenters. The topological polar surface area (TPSA) is 94.2 Å². The lowest BCUT2D eigenvalue weighted by molar-refractivity contribution is 0.102. The first kappa shape index (κ1) is 23.4. The monoisotopic (exact) mass is 482 g/mol. The van der Waals surface area contributed by atoms with Gasteiger partial charge in [-0.15, -0.1) is 0 Å². The molecule has 3 aromatic carbocycles. The van der Waals surface area contributed by atoms with Crippen molar-refractivity contribution in [2.75, 3.05) is 37.5 Å². The number of amides is 1. The fraction of sp³-hybridized carbons (Fsp3) is 0.240. The molecule has 178 valence electrons. The second kappa shape index (κ2) is 9.64. The number of nitrogens with one attached hydrogen (secondary N) is 1. The number of rotatable bonds is 7. The van der Waals surface area contributed by atoms with Gasteiger partial charge in [-0.25, -0.2) is 8.42 Å². The van der Waals surface area contributed by atoms with Crippen LogP contribution in [-0.4, -0.2) is 42.2 Å². The molecule has 4 rings (SSSR count). The van der Waals surface area contributed by atoms with Crippen LogP contribution in [0, 0.1) is 0 Å². The highest BCUT2D eigenvalue weighted by molar-refractivity contribution is 7.92. The van der Waals surface area contributed by atoms with Gasteiger partial charge in [0.25, 0.3) is 15.9 Å². The Balaban J connectivity index is 1.61. The van der Waals surface area contributed by atoms with Crippen molar-refractivity contribution >= 4 is 27.3 Å². The number of hydrogen-bond acceptors (Lipinski definition) is 6. The summed E-state index contributed by atoms with van der Waals surface area (Å²) in [4.78, 5) is 13.1. The second-order valence-corrected chi connectivity index (χ2v) is 9.56. The van der Waals surface area contributed by atoms with Gasteiger partial charge in [0.15, 0.2) is 11.5 Å². The van der Waals surface area contributed by atoms with E-state index in [9.17, 15) is 13.2 Å². The molecule has 0 atom stereocenters. The van der Waals surface area contributed by atoms with Crippen molar-refractivity contribution in [1.82, 2.24) is 0 Å². The summed E-state index contributed by atoms with van der Waals surface area (Å²) >= 11 is 0. The van der Waals surface area contributed by atoms with Crippen LogP contribution in [0.25, 0.3) is 0 Å². The zero-order valence-electron chi connectivity index (χ0n) is 19.2. The quantitative estimate of drug-likeness (QED) is 0.545. The van der Waals surface area contributed by atoms with Gasteiger partial charge in [-0.05, 0) is 73.0 Å². The van der Waals surface area contributed by atoms with Crippen LogP contribution < -0.4 is 23.8 Å². The van der Waals surface area contributed by atoms with Gasteiger partial charge in [0, 0.05) is 12.2 Å². The van der Waals surface area contributed by atoms with E-state index in [-0.39, 0.29) is 10.8 Å². The Morgan fingerprint density at radius 3 is 2.38 bits per heavy atom. The van der Waals surface area contributed by atoms with Gasteiger partial charge in [0.05, 0.1) is 37.5 Å². The molecule has 34 heavy (non-hydrogen) atoms. The zero-order chi connectivity index (χ0) is 24.3. The van der Waals surface area contributed by atoms with E-state index >= 15 is 0 Å². The fourth-order valence-electron chi connectivity index (χ4n) is 4.03. The van der Waals surface area contributed by atoms with Crippen LogP contribution in [0.1, 0.15) is 22.3 Å². The Kier molecular flexibility index (Phi) is 6.65. The minimum absolute atomic E-state index is 0.198. The van der Waals surface area contributed by atoms with Gasteiger partial charge in [-0.1, -0.05) is 6.07 Å².